The van der Waals surface area contributed by atoms with Gasteiger partial charge < -0.3 is 24.3 Å². The van der Waals surface area contributed by atoms with Crippen LogP contribution in [-0.4, -0.2) is 55.8 Å². The summed E-state index contributed by atoms with van der Waals surface area (Å²) in [6.07, 6.45) is 0. The molecule has 150 valence electrons. The molecule has 0 atom stereocenters. The number of aromatic nitrogens is 3. The van der Waals surface area contributed by atoms with Crippen molar-refractivity contribution in [3.8, 4) is 11.5 Å². The van der Waals surface area contributed by atoms with Gasteiger partial charge in [-0.1, -0.05) is 11.6 Å². The fraction of sp³-hybridized carbons (Fsp3) is 0.368. The number of nitrogens with zero attached hydrogens (tertiary/aromatic N) is 2. The third kappa shape index (κ3) is 5.03. The second-order valence-corrected chi connectivity index (χ2v) is 6.42. The lowest BCUT2D eigenvalue weighted by Crippen LogP contribution is -2.08. The van der Waals surface area contributed by atoms with E-state index < -0.39 is 0 Å². The molecule has 0 spiro atoms. The molecule has 0 amide bonds. The molecule has 2 aromatic heterocycles. The number of fused-ring (bicyclic) bond motifs is 1. The molecule has 1 aromatic carbocycles. The highest BCUT2D eigenvalue weighted by Gasteiger charge is 2.13. The Kier molecular flexibility index (Phi) is 6.91. The monoisotopic (exact) mass is 406 g/mol. The summed E-state index contributed by atoms with van der Waals surface area (Å²) in [5, 5.41) is 12.1. The second-order valence-electron chi connectivity index (χ2n) is 6.06. The van der Waals surface area contributed by atoms with E-state index in [9.17, 15) is 0 Å². The smallest absolute Gasteiger partial charge is 0.162 e. The van der Waals surface area contributed by atoms with E-state index in [2.05, 4.69) is 20.5 Å². The molecule has 2 N–H and O–H groups in total. The van der Waals surface area contributed by atoms with Crippen LogP contribution in [0, 0.1) is 6.92 Å². The van der Waals surface area contributed by atoms with Crippen LogP contribution in [0.5, 0.6) is 11.5 Å². The zero-order valence-corrected chi connectivity index (χ0v) is 16.8. The Labute approximate surface area is 168 Å². The van der Waals surface area contributed by atoms with Crippen LogP contribution in [0.3, 0.4) is 0 Å². The van der Waals surface area contributed by atoms with E-state index >= 15 is 0 Å². The van der Waals surface area contributed by atoms with Gasteiger partial charge in [-0.2, -0.15) is 5.10 Å². The summed E-state index contributed by atoms with van der Waals surface area (Å²) in [5.74, 6) is 2.42. The van der Waals surface area contributed by atoms with E-state index in [1.165, 1.54) is 0 Å². The molecular formula is C19H23ClN4O4. The molecule has 0 aliphatic carbocycles. The van der Waals surface area contributed by atoms with Gasteiger partial charge in [0, 0.05) is 31.4 Å². The zero-order chi connectivity index (χ0) is 19.9. The number of rotatable bonds is 10. The molecule has 3 aromatic rings. The molecule has 0 fully saturated rings. The summed E-state index contributed by atoms with van der Waals surface area (Å²) in [6, 6.07) is 7.46. The number of methoxy groups -OCH3 is 2. The number of halogens is 1. The van der Waals surface area contributed by atoms with Gasteiger partial charge in [-0.05, 0) is 30.5 Å². The van der Waals surface area contributed by atoms with Gasteiger partial charge in [-0.15, -0.1) is 0 Å². The fourth-order valence-corrected chi connectivity index (χ4v) is 2.85. The first kappa shape index (κ1) is 20.2. The number of nitrogens with one attached hydrogen (secondary N) is 2. The van der Waals surface area contributed by atoms with Crippen molar-refractivity contribution in [1.29, 1.82) is 0 Å². The van der Waals surface area contributed by atoms with Crippen LogP contribution in [0.4, 0.5) is 11.6 Å². The number of aryl methyl sites for hydroxylation is 1. The minimum Gasteiger partial charge on any atom is -0.487 e. The number of aromatic amines is 1. The highest BCUT2D eigenvalue weighted by molar-refractivity contribution is 6.34. The Morgan fingerprint density at radius 1 is 0.929 bits per heavy atom. The molecule has 0 radical (unpaired) electrons. The van der Waals surface area contributed by atoms with E-state index in [-0.39, 0.29) is 0 Å². The standard InChI is InChI=1S/C19H23ClN4O4/c1-12-8-18(24-23-12)21-17-10-13-9-15(27-6-4-25-2)16(28-7-5-26-3)11-14(13)19(20)22-17/h8-11H,4-7H2,1-3H3,(H2,21,22,23,24). The van der Waals surface area contributed by atoms with Gasteiger partial charge in [-0.25, -0.2) is 4.98 Å². The van der Waals surface area contributed by atoms with Crippen LogP contribution in [0.15, 0.2) is 24.3 Å². The van der Waals surface area contributed by atoms with Crippen molar-refractivity contribution in [2.45, 2.75) is 6.92 Å². The molecular weight excluding hydrogens is 384 g/mol. The SMILES string of the molecule is COCCOc1cc2cc(Nc3cc(C)[nH]n3)nc(Cl)c2cc1OCCOC. The third-order valence-electron chi connectivity index (χ3n) is 3.90. The van der Waals surface area contributed by atoms with Gasteiger partial charge in [-0.3, -0.25) is 5.10 Å². The minimum absolute atomic E-state index is 0.354. The van der Waals surface area contributed by atoms with Crippen molar-refractivity contribution in [1.82, 2.24) is 15.2 Å². The van der Waals surface area contributed by atoms with E-state index in [0.717, 1.165) is 16.5 Å². The van der Waals surface area contributed by atoms with Crippen molar-refractivity contribution in [3.63, 3.8) is 0 Å². The molecule has 8 nitrogen and oxygen atoms in total. The second kappa shape index (κ2) is 9.59. The average Bonchev–Trinajstić information content (AvgIpc) is 3.07. The molecule has 9 heteroatoms. The van der Waals surface area contributed by atoms with Crippen LogP contribution < -0.4 is 14.8 Å². The van der Waals surface area contributed by atoms with Gasteiger partial charge in [0.15, 0.2) is 17.3 Å². The molecule has 0 bridgehead atoms. The predicted octanol–water partition coefficient (Wildman–Crippen LogP) is 3.71. The highest BCUT2D eigenvalue weighted by atomic mass is 35.5. The van der Waals surface area contributed by atoms with Gasteiger partial charge in [0.1, 0.15) is 24.2 Å². The topological polar surface area (TPSA) is 90.5 Å². The Morgan fingerprint density at radius 2 is 1.61 bits per heavy atom. The van der Waals surface area contributed by atoms with E-state index in [1.807, 2.05) is 31.2 Å². The maximum atomic E-state index is 6.43. The molecule has 3 rings (SSSR count). The summed E-state index contributed by atoms with van der Waals surface area (Å²) in [5.41, 5.74) is 0.945. The third-order valence-corrected chi connectivity index (χ3v) is 4.19. The van der Waals surface area contributed by atoms with Crippen molar-refractivity contribution < 1.29 is 18.9 Å². The number of ether oxygens (including phenoxy) is 4. The summed E-state index contributed by atoms with van der Waals surface area (Å²) < 4.78 is 21.7. The predicted molar refractivity (Wildman–Crippen MR) is 108 cm³/mol. The first-order chi connectivity index (χ1) is 13.6. The number of hydrogen-bond donors (Lipinski definition) is 2. The van der Waals surface area contributed by atoms with Crippen LogP contribution in [0.2, 0.25) is 5.15 Å². The van der Waals surface area contributed by atoms with Crippen molar-refractivity contribution in [2.24, 2.45) is 0 Å². The van der Waals surface area contributed by atoms with Crippen molar-refractivity contribution >= 4 is 34.0 Å². The molecule has 0 saturated heterocycles. The Hall–Kier alpha value is -2.55. The lowest BCUT2D eigenvalue weighted by molar-refractivity contribution is 0.132. The first-order valence-electron chi connectivity index (χ1n) is 8.77. The summed E-state index contributed by atoms with van der Waals surface area (Å²) in [6.45, 7) is 3.66. The number of benzene rings is 1. The normalized spacial score (nSPS) is 11.0. The van der Waals surface area contributed by atoms with Crippen LogP contribution in [0.25, 0.3) is 10.8 Å². The van der Waals surface area contributed by atoms with Crippen LogP contribution in [0.1, 0.15) is 5.69 Å². The molecule has 0 aliphatic heterocycles. The average molecular weight is 407 g/mol. The minimum atomic E-state index is 0.354. The summed E-state index contributed by atoms with van der Waals surface area (Å²) in [7, 11) is 3.25. The number of hydrogen-bond acceptors (Lipinski definition) is 7. The van der Waals surface area contributed by atoms with Crippen LogP contribution in [-0.2, 0) is 9.47 Å². The lowest BCUT2D eigenvalue weighted by Gasteiger charge is -2.15. The van der Waals surface area contributed by atoms with Gasteiger partial charge >= 0.3 is 0 Å². The largest absolute Gasteiger partial charge is 0.487 e. The number of pyridine rings is 1. The molecule has 2 heterocycles. The Morgan fingerprint density at radius 3 is 2.21 bits per heavy atom. The van der Waals surface area contributed by atoms with Gasteiger partial charge in [0.25, 0.3) is 0 Å². The summed E-state index contributed by atoms with van der Waals surface area (Å²) in [4.78, 5) is 4.41. The van der Waals surface area contributed by atoms with Crippen LogP contribution >= 0.6 is 11.6 Å². The van der Waals surface area contributed by atoms with E-state index in [4.69, 9.17) is 30.5 Å². The maximum Gasteiger partial charge on any atom is 0.162 e. The molecule has 0 aliphatic rings. The van der Waals surface area contributed by atoms with E-state index in [1.54, 1.807) is 14.2 Å². The molecule has 0 unspecified atom stereocenters. The molecule has 28 heavy (non-hydrogen) atoms. The summed E-state index contributed by atoms with van der Waals surface area (Å²) >= 11 is 6.43. The first-order valence-corrected chi connectivity index (χ1v) is 9.15. The van der Waals surface area contributed by atoms with Crippen molar-refractivity contribution in [2.75, 3.05) is 46.0 Å². The lowest BCUT2D eigenvalue weighted by atomic mass is 10.1. The zero-order valence-electron chi connectivity index (χ0n) is 16.0. The quantitative estimate of drug-likeness (QED) is 0.391. The molecule has 0 saturated carbocycles. The Balaban J connectivity index is 1.93. The number of H-pyrrole nitrogens is 1. The number of anilines is 2. The maximum absolute atomic E-state index is 6.43. The van der Waals surface area contributed by atoms with Gasteiger partial charge in [0.05, 0.1) is 13.2 Å². The van der Waals surface area contributed by atoms with Gasteiger partial charge in [0.2, 0.25) is 0 Å². The highest BCUT2D eigenvalue weighted by Crippen LogP contribution is 2.36. The van der Waals surface area contributed by atoms with Crippen molar-refractivity contribution in [3.05, 3.63) is 35.1 Å². The van der Waals surface area contributed by atoms with E-state index in [0.29, 0.717) is 54.7 Å². The fourth-order valence-electron chi connectivity index (χ4n) is 2.59. The Bertz CT molecular complexity index is 932.